The maximum atomic E-state index is 11.0. The van der Waals surface area contributed by atoms with Crippen LogP contribution in [0.5, 0.6) is 5.75 Å². The summed E-state index contributed by atoms with van der Waals surface area (Å²) in [5, 5.41) is 11.3. The molecule has 0 fully saturated rings. The van der Waals surface area contributed by atoms with Crippen LogP contribution in [0.1, 0.15) is 15.9 Å². The lowest BCUT2D eigenvalue weighted by Crippen LogP contribution is -2.02. The summed E-state index contributed by atoms with van der Waals surface area (Å²) in [5.41, 5.74) is 0.645. The highest BCUT2D eigenvalue weighted by molar-refractivity contribution is 9.11. The first kappa shape index (κ1) is 16.9. The molecule has 114 valence electrons. The fourth-order valence-electron chi connectivity index (χ4n) is 1.79. The number of hydrogen-bond acceptors (Lipinski definition) is 4. The van der Waals surface area contributed by atoms with E-state index in [0.717, 1.165) is 0 Å². The quantitative estimate of drug-likeness (QED) is 0.359. The minimum absolute atomic E-state index is 0.0758. The van der Waals surface area contributed by atoms with Gasteiger partial charge < -0.3 is 4.74 Å². The van der Waals surface area contributed by atoms with Gasteiger partial charge in [0.05, 0.1) is 24.5 Å². The van der Waals surface area contributed by atoms with Gasteiger partial charge in [-0.1, -0.05) is 17.7 Å². The van der Waals surface area contributed by atoms with Crippen molar-refractivity contribution in [3.63, 3.8) is 0 Å². The SMILES string of the molecule is O=Cc1cc(Br)c(OCc2c(Cl)cccc2[N+](=O)[O-])c(Br)c1. The average molecular weight is 449 g/mol. The van der Waals surface area contributed by atoms with E-state index in [2.05, 4.69) is 31.9 Å². The number of carbonyl (C=O) groups excluding carboxylic acids is 1. The number of nitrogens with zero attached hydrogens (tertiary/aromatic N) is 1. The van der Waals surface area contributed by atoms with Gasteiger partial charge in [-0.3, -0.25) is 14.9 Å². The third-order valence-corrected chi connectivity index (χ3v) is 4.34. The number of nitro groups is 1. The van der Waals surface area contributed by atoms with Crippen LogP contribution in [-0.4, -0.2) is 11.2 Å². The van der Waals surface area contributed by atoms with Crippen LogP contribution in [0.4, 0.5) is 5.69 Å². The summed E-state index contributed by atoms with van der Waals surface area (Å²) in [6.07, 6.45) is 0.707. The molecule has 0 aliphatic rings. The Morgan fingerprint density at radius 1 is 1.27 bits per heavy atom. The summed E-state index contributed by atoms with van der Waals surface area (Å²) in [6.45, 7) is -0.0758. The highest BCUT2D eigenvalue weighted by Gasteiger charge is 2.18. The molecular formula is C14H8Br2ClNO4. The molecule has 2 aromatic carbocycles. The Kier molecular flexibility index (Phi) is 5.55. The van der Waals surface area contributed by atoms with E-state index in [1.165, 1.54) is 12.1 Å². The molecule has 0 saturated carbocycles. The second-order valence-electron chi connectivity index (χ2n) is 4.21. The Bertz CT molecular complexity index is 729. The zero-order chi connectivity index (χ0) is 16.3. The lowest BCUT2D eigenvalue weighted by Gasteiger charge is -2.12. The minimum atomic E-state index is -0.510. The van der Waals surface area contributed by atoms with Gasteiger partial charge in [0.15, 0.2) is 0 Å². The van der Waals surface area contributed by atoms with Gasteiger partial charge in [0.1, 0.15) is 18.6 Å². The molecule has 0 aliphatic carbocycles. The Morgan fingerprint density at radius 3 is 2.45 bits per heavy atom. The average Bonchev–Trinajstić information content (AvgIpc) is 2.47. The van der Waals surface area contributed by atoms with Gasteiger partial charge in [-0.05, 0) is 50.1 Å². The van der Waals surface area contributed by atoms with Crippen LogP contribution in [0.15, 0.2) is 39.3 Å². The first-order valence-electron chi connectivity index (χ1n) is 5.93. The number of aldehydes is 1. The van der Waals surface area contributed by atoms with Crippen LogP contribution in [0.2, 0.25) is 5.02 Å². The molecule has 0 saturated heterocycles. The van der Waals surface area contributed by atoms with E-state index in [0.29, 0.717) is 26.5 Å². The molecule has 0 heterocycles. The van der Waals surface area contributed by atoms with Gasteiger partial charge in [0, 0.05) is 11.6 Å². The van der Waals surface area contributed by atoms with Crippen molar-refractivity contribution in [3.8, 4) is 5.75 Å². The van der Waals surface area contributed by atoms with Gasteiger partial charge in [0.25, 0.3) is 5.69 Å². The molecule has 0 atom stereocenters. The number of ether oxygens (including phenoxy) is 1. The van der Waals surface area contributed by atoms with Crippen molar-refractivity contribution in [2.45, 2.75) is 6.61 Å². The van der Waals surface area contributed by atoms with E-state index in [4.69, 9.17) is 16.3 Å². The molecule has 0 aliphatic heterocycles. The summed E-state index contributed by atoms with van der Waals surface area (Å²) in [7, 11) is 0. The van der Waals surface area contributed by atoms with Crippen molar-refractivity contribution in [2.24, 2.45) is 0 Å². The minimum Gasteiger partial charge on any atom is -0.486 e. The van der Waals surface area contributed by atoms with Crippen LogP contribution in [-0.2, 0) is 6.61 Å². The molecule has 0 bridgehead atoms. The van der Waals surface area contributed by atoms with Crippen LogP contribution >= 0.6 is 43.5 Å². The second-order valence-corrected chi connectivity index (χ2v) is 6.33. The fourth-order valence-corrected chi connectivity index (χ4v) is 3.47. The second kappa shape index (κ2) is 7.21. The summed E-state index contributed by atoms with van der Waals surface area (Å²) >= 11 is 12.6. The third-order valence-electron chi connectivity index (χ3n) is 2.81. The standard InChI is InChI=1S/C14H8Br2ClNO4/c15-10-4-8(6-19)5-11(16)14(10)22-7-9-12(17)2-1-3-13(9)18(20)21/h1-6H,7H2. The molecule has 0 spiro atoms. The maximum absolute atomic E-state index is 11.0. The van der Waals surface area contributed by atoms with Crippen LogP contribution in [0, 0.1) is 10.1 Å². The van der Waals surface area contributed by atoms with Crippen LogP contribution in [0.3, 0.4) is 0 Å². The molecule has 22 heavy (non-hydrogen) atoms. The number of rotatable bonds is 5. The predicted molar refractivity (Wildman–Crippen MR) is 89.7 cm³/mol. The predicted octanol–water partition coefficient (Wildman–Crippen LogP) is 5.16. The van der Waals surface area contributed by atoms with E-state index < -0.39 is 4.92 Å². The molecule has 5 nitrogen and oxygen atoms in total. The van der Waals surface area contributed by atoms with E-state index >= 15 is 0 Å². The Morgan fingerprint density at radius 2 is 1.91 bits per heavy atom. The lowest BCUT2D eigenvalue weighted by molar-refractivity contribution is -0.385. The highest BCUT2D eigenvalue weighted by atomic mass is 79.9. The van der Waals surface area contributed by atoms with Gasteiger partial charge in [0.2, 0.25) is 0 Å². The summed E-state index contributed by atoms with van der Waals surface area (Å²) in [5.74, 6) is 0.430. The molecule has 0 N–H and O–H groups in total. The summed E-state index contributed by atoms with van der Waals surface area (Å²) in [4.78, 5) is 21.3. The number of halogens is 3. The van der Waals surface area contributed by atoms with Crippen molar-refractivity contribution in [2.75, 3.05) is 0 Å². The largest absolute Gasteiger partial charge is 0.486 e. The molecular weight excluding hydrogens is 441 g/mol. The number of carbonyl (C=O) groups is 1. The monoisotopic (exact) mass is 447 g/mol. The molecule has 2 rings (SSSR count). The Labute approximate surface area is 147 Å². The molecule has 2 aromatic rings. The maximum Gasteiger partial charge on any atom is 0.277 e. The van der Waals surface area contributed by atoms with E-state index in [1.54, 1.807) is 18.2 Å². The number of nitro benzene ring substituents is 1. The van der Waals surface area contributed by atoms with Gasteiger partial charge in [-0.2, -0.15) is 0 Å². The van der Waals surface area contributed by atoms with Crippen LogP contribution in [0.25, 0.3) is 0 Å². The molecule has 0 radical (unpaired) electrons. The van der Waals surface area contributed by atoms with Gasteiger partial charge in [-0.25, -0.2) is 0 Å². The van der Waals surface area contributed by atoms with E-state index in [9.17, 15) is 14.9 Å². The van der Waals surface area contributed by atoms with Gasteiger partial charge >= 0.3 is 0 Å². The summed E-state index contributed by atoms with van der Waals surface area (Å²) < 4.78 is 6.73. The molecule has 0 amide bonds. The first-order valence-corrected chi connectivity index (χ1v) is 7.89. The van der Waals surface area contributed by atoms with Crippen molar-refractivity contribution in [3.05, 3.63) is 65.5 Å². The Hall–Kier alpha value is -1.44. The van der Waals surface area contributed by atoms with Gasteiger partial charge in [-0.15, -0.1) is 0 Å². The zero-order valence-corrected chi connectivity index (χ0v) is 14.8. The Balaban J connectivity index is 2.32. The smallest absolute Gasteiger partial charge is 0.277 e. The van der Waals surface area contributed by atoms with Crippen LogP contribution < -0.4 is 4.74 Å². The highest BCUT2D eigenvalue weighted by Crippen LogP contribution is 2.36. The van der Waals surface area contributed by atoms with Crippen molar-refractivity contribution >= 4 is 55.4 Å². The zero-order valence-electron chi connectivity index (χ0n) is 10.9. The molecule has 8 heteroatoms. The lowest BCUT2D eigenvalue weighted by atomic mass is 10.2. The van der Waals surface area contributed by atoms with Crippen molar-refractivity contribution in [1.82, 2.24) is 0 Å². The summed E-state index contributed by atoms with van der Waals surface area (Å²) in [6, 6.07) is 7.62. The van der Waals surface area contributed by atoms with E-state index in [1.807, 2.05) is 0 Å². The van der Waals surface area contributed by atoms with E-state index in [-0.39, 0.29) is 22.9 Å². The normalized spacial score (nSPS) is 10.3. The van der Waals surface area contributed by atoms with Crippen molar-refractivity contribution in [1.29, 1.82) is 0 Å². The topological polar surface area (TPSA) is 69.4 Å². The van der Waals surface area contributed by atoms with Crippen molar-refractivity contribution < 1.29 is 14.5 Å². The number of benzene rings is 2. The number of hydrogen-bond donors (Lipinski definition) is 0. The molecule has 0 unspecified atom stereocenters. The third kappa shape index (κ3) is 3.66. The molecule has 0 aromatic heterocycles. The first-order chi connectivity index (χ1) is 10.4. The fraction of sp³-hybridized carbons (Fsp3) is 0.0714.